The molecule has 0 bridgehead atoms. The molecule has 1 aromatic heterocycles. The molecule has 1 fully saturated rings. The first kappa shape index (κ1) is 12.1. The maximum absolute atomic E-state index is 5.18. The summed E-state index contributed by atoms with van der Waals surface area (Å²) in [7, 11) is 1.71. The highest BCUT2D eigenvalue weighted by Crippen LogP contribution is 2.32. The lowest BCUT2D eigenvalue weighted by Gasteiger charge is -2.37. The van der Waals surface area contributed by atoms with Crippen molar-refractivity contribution in [3.8, 4) is 0 Å². The second-order valence-corrected chi connectivity index (χ2v) is 5.41. The van der Waals surface area contributed by atoms with Crippen molar-refractivity contribution < 1.29 is 4.74 Å². The minimum Gasteiger partial charge on any atom is -0.377 e. The van der Waals surface area contributed by atoms with Crippen LogP contribution in [0.3, 0.4) is 0 Å². The van der Waals surface area contributed by atoms with E-state index in [-0.39, 0.29) is 0 Å². The number of nitrogens with zero attached hydrogens (tertiary/aromatic N) is 4. The number of hydrogen-bond donors (Lipinski definition) is 0. The van der Waals surface area contributed by atoms with Crippen LogP contribution in [-0.4, -0.2) is 39.4 Å². The summed E-state index contributed by atoms with van der Waals surface area (Å²) < 4.78 is 7.41. The van der Waals surface area contributed by atoms with Crippen molar-refractivity contribution in [1.82, 2.24) is 19.7 Å². The summed E-state index contributed by atoms with van der Waals surface area (Å²) in [6.07, 6.45) is 5.47. The Balaban J connectivity index is 1.81. The Morgan fingerprint density at radius 1 is 1.22 bits per heavy atom. The maximum atomic E-state index is 5.18. The first-order valence-electron chi connectivity index (χ1n) is 6.98. The van der Waals surface area contributed by atoms with Crippen LogP contribution in [0.25, 0.3) is 0 Å². The van der Waals surface area contributed by atoms with Crippen LogP contribution in [0.5, 0.6) is 0 Å². The van der Waals surface area contributed by atoms with E-state index in [9.17, 15) is 0 Å². The maximum Gasteiger partial charge on any atom is 0.159 e. The van der Waals surface area contributed by atoms with Crippen LogP contribution < -0.4 is 0 Å². The normalized spacial score (nSPS) is 25.6. The van der Waals surface area contributed by atoms with Gasteiger partial charge < -0.3 is 9.30 Å². The number of fused-ring (bicyclic) bond motifs is 1. The van der Waals surface area contributed by atoms with E-state index >= 15 is 0 Å². The Hall–Kier alpha value is -0.940. The van der Waals surface area contributed by atoms with Crippen molar-refractivity contribution >= 4 is 0 Å². The number of ether oxygens (including phenoxy) is 1. The second kappa shape index (κ2) is 4.97. The Morgan fingerprint density at radius 3 is 2.72 bits per heavy atom. The fraction of sp³-hybridized carbons (Fsp3) is 0.846. The molecule has 0 amide bonds. The molecule has 0 saturated heterocycles. The lowest BCUT2D eigenvalue weighted by molar-refractivity contribution is 0.105. The van der Waals surface area contributed by atoms with Gasteiger partial charge >= 0.3 is 0 Å². The predicted octanol–water partition coefficient (Wildman–Crippen LogP) is 1.74. The summed E-state index contributed by atoms with van der Waals surface area (Å²) in [5, 5.41) is 8.63. The van der Waals surface area contributed by atoms with Crippen LogP contribution in [0.1, 0.15) is 50.3 Å². The van der Waals surface area contributed by atoms with Crippen LogP contribution in [-0.2, 0) is 17.9 Å². The molecule has 2 aliphatic rings. The van der Waals surface area contributed by atoms with Gasteiger partial charge in [0, 0.05) is 26.2 Å². The van der Waals surface area contributed by atoms with Crippen LogP contribution >= 0.6 is 0 Å². The second-order valence-electron chi connectivity index (χ2n) is 5.41. The van der Waals surface area contributed by atoms with Crippen molar-refractivity contribution in [3.05, 3.63) is 11.6 Å². The summed E-state index contributed by atoms with van der Waals surface area (Å²) in [5.41, 5.74) is 0. The zero-order chi connectivity index (χ0) is 12.5. The lowest BCUT2D eigenvalue weighted by atomic mass is 10.1. The molecule has 0 unspecified atom stereocenters. The topological polar surface area (TPSA) is 43.2 Å². The highest BCUT2D eigenvalue weighted by atomic mass is 16.5. The Labute approximate surface area is 108 Å². The molecule has 1 aliphatic heterocycles. The average Bonchev–Trinajstić information content (AvgIpc) is 3.00. The van der Waals surface area contributed by atoms with Gasteiger partial charge in [0.05, 0.1) is 6.04 Å². The molecule has 100 valence electrons. The molecule has 0 aromatic carbocycles. The Kier molecular flexibility index (Phi) is 3.35. The number of aromatic nitrogens is 3. The highest BCUT2D eigenvalue weighted by molar-refractivity contribution is 5.05. The molecule has 1 aliphatic carbocycles. The predicted molar refractivity (Wildman–Crippen MR) is 68.1 cm³/mol. The summed E-state index contributed by atoms with van der Waals surface area (Å²) >= 11 is 0. The van der Waals surface area contributed by atoms with Crippen LogP contribution in [0.4, 0.5) is 0 Å². The van der Waals surface area contributed by atoms with Gasteiger partial charge in [0.2, 0.25) is 0 Å². The van der Waals surface area contributed by atoms with Gasteiger partial charge in [-0.15, -0.1) is 10.2 Å². The summed E-state index contributed by atoms with van der Waals surface area (Å²) in [6.45, 7) is 4.94. The molecular formula is C13H22N4O. The van der Waals surface area contributed by atoms with Crippen LogP contribution in [0, 0.1) is 0 Å². The van der Waals surface area contributed by atoms with Gasteiger partial charge in [0.1, 0.15) is 12.4 Å². The molecule has 18 heavy (non-hydrogen) atoms. The van der Waals surface area contributed by atoms with Crippen molar-refractivity contribution in [1.29, 1.82) is 0 Å². The van der Waals surface area contributed by atoms with Gasteiger partial charge in [0.15, 0.2) is 5.82 Å². The molecule has 1 saturated carbocycles. The molecule has 0 radical (unpaired) electrons. The van der Waals surface area contributed by atoms with Gasteiger partial charge in [-0.2, -0.15) is 0 Å². The lowest BCUT2D eigenvalue weighted by Crippen LogP contribution is -2.43. The third-order valence-corrected chi connectivity index (χ3v) is 4.38. The molecule has 5 heteroatoms. The Morgan fingerprint density at radius 2 is 2.00 bits per heavy atom. The zero-order valence-electron chi connectivity index (χ0n) is 11.3. The Bertz CT molecular complexity index is 411. The van der Waals surface area contributed by atoms with Crippen molar-refractivity contribution in [3.63, 3.8) is 0 Å². The summed E-state index contributed by atoms with van der Waals surface area (Å²) in [6, 6.07) is 1.15. The van der Waals surface area contributed by atoms with E-state index in [0.717, 1.165) is 30.8 Å². The molecule has 0 N–H and O–H groups in total. The van der Waals surface area contributed by atoms with Crippen LogP contribution in [0.2, 0.25) is 0 Å². The average molecular weight is 250 g/mol. The van der Waals surface area contributed by atoms with Crippen molar-refractivity contribution in [2.24, 2.45) is 0 Å². The van der Waals surface area contributed by atoms with E-state index < -0.39 is 0 Å². The minimum atomic E-state index is 0.389. The molecule has 5 nitrogen and oxygen atoms in total. The van der Waals surface area contributed by atoms with E-state index in [4.69, 9.17) is 4.74 Å². The number of rotatable bonds is 3. The first-order chi connectivity index (χ1) is 8.81. The molecule has 2 heterocycles. The highest BCUT2D eigenvalue weighted by Gasteiger charge is 2.33. The smallest absolute Gasteiger partial charge is 0.159 e. The monoisotopic (exact) mass is 250 g/mol. The van der Waals surface area contributed by atoms with E-state index in [1.54, 1.807) is 7.11 Å². The molecule has 3 rings (SSSR count). The van der Waals surface area contributed by atoms with Gasteiger partial charge in [-0.25, -0.2) is 0 Å². The largest absolute Gasteiger partial charge is 0.377 e. The van der Waals surface area contributed by atoms with Gasteiger partial charge in [-0.1, -0.05) is 12.8 Å². The van der Waals surface area contributed by atoms with E-state index in [0.29, 0.717) is 12.6 Å². The fourth-order valence-electron chi connectivity index (χ4n) is 3.43. The summed E-state index contributed by atoms with van der Waals surface area (Å²) in [5.74, 6) is 2.07. The standard InChI is InChI=1S/C13H22N4O/c1-10-13-15-14-12(9-18-2)17(13)8-7-16(10)11-5-3-4-6-11/h10-11H,3-9H2,1-2H3/t10-/m0/s1. The molecule has 1 aromatic rings. The van der Waals surface area contributed by atoms with E-state index in [2.05, 4.69) is 26.6 Å². The first-order valence-corrected chi connectivity index (χ1v) is 6.98. The molecule has 0 spiro atoms. The van der Waals surface area contributed by atoms with Gasteiger partial charge in [-0.05, 0) is 19.8 Å². The van der Waals surface area contributed by atoms with Crippen molar-refractivity contribution in [2.75, 3.05) is 13.7 Å². The number of hydrogen-bond acceptors (Lipinski definition) is 4. The van der Waals surface area contributed by atoms with E-state index in [1.165, 1.54) is 25.7 Å². The van der Waals surface area contributed by atoms with E-state index in [1.807, 2.05) is 0 Å². The van der Waals surface area contributed by atoms with Gasteiger partial charge in [-0.3, -0.25) is 4.90 Å². The third kappa shape index (κ3) is 1.95. The SMILES string of the molecule is COCc1nnc2n1CCN(C1CCCC1)[C@H]2C. The minimum absolute atomic E-state index is 0.389. The fourth-order valence-corrected chi connectivity index (χ4v) is 3.43. The zero-order valence-corrected chi connectivity index (χ0v) is 11.3. The summed E-state index contributed by atoms with van der Waals surface area (Å²) in [4.78, 5) is 2.62. The number of methoxy groups -OCH3 is 1. The van der Waals surface area contributed by atoms with Gasteiger partial charge in [0.25, 0.3) is 0 Å². The third-order valence-electron chi connectivity index (χ3n) is 4.38. The molecular weight excluding hydrogens is 228 g/mol. The quantitative estimate of drug-likeness (QED) is 0.819. The van der Waals surface area contributed by atoms with Crippen LogP contribution in [0.15, 0.2) is 0 Å². The molecule has 1 atom stereocenters. The van der Waals surface area contributed by atoms with Crippen molar-refractivity contribution in [2.45, 2.75) is 57.8 Å².